The van der Waals surface area contributed by atoms with Crippen LogP contribution in [0.25, 0.3) is 0 Å². The first-order chi connectivity index (χ1) is 9.76. The summed E-state index contributed by atoms with van der Waals surface area (Å²) in [4.78, 5) is 17.1. The van der Waals surface area contributed by atoms with Crippen LogP contribution < -0.4 is 0 Å². The van der Waals surface area contributed by atoms with Crippen molar-refractivity contribution < 1.29 is 4.79 Å². The molecule has 0 fully saturated rings. The van der Waals surface area contributed by atoms with Gasteiger partial charge in [0.25, 0.3) is 0 Å². The first kappa shape index (κ1) is 17.9. The Balaban J connectivity index is 2.89. The second-order valence-electron chi connectivity index (χ2n) is 6.37. The Labute approximate surface area is 129 Å². The SMILES string of the molecule is CCN(CC(=O)c1c(C)cc(C)cc1C)C(C)CN(C)C. The summed E-state index contributed by atoms with van der Waals surface area (Å²) in [6.45, 7) is 12.8. The van der Waals surface area contributed by atoms with E-state index in [1.165, 1.54) is 5.56 Å². The summed E-state index contributed by atoms with van der Waals surface area (Å²) in [5.41, 5.74) is 4.30. The molecule has 1 aromatic carbocycles. The molecule has 21 heavy (non-hydrogen) atoms. The summed E-state index contributed by atoms with van der Waals surface area (Å²) in [6, 6.07) is 4.57. The molecule has 0 aliphatic carbocycles. The van der Waals surface area contributed by atoms with Crippen LogP contribution in [-0.2, 0) is 0 Å². The molecule has 1 rings (SSSR count). The van der Waals surface area contributed by atoms with Crippen LogP contribution in [0, 0.1) is 20.8 Å². The molecule has 0 saturated carbocycles. The highest BCUT2D eigenvalue weighted by molar-refractivity contribution is 6.00. The quantitative estimate of drug-likeness (QED) is 0.721. The van der Waals surface area contributed by atoms with Gasteiger partial charge in [-0.05, 0) is 59.5 Å². The first-order valence-corrected chi connectivity index (χ1v) is 7.76. The van der Waals surface area contributed by atoms with Crippen molar-refractivity contribution in [2.24, 2.45) is 0 Å². The molecule has 0 bridgehead atoms. The van der Waals surface area contributed by atoms with Crippen molar-refractivity contribution in [3.05, 3.63) is 34.4 Å². The number of hydrogen-bond donors (Lipinski definition) is 0. The average Bonchev–Trinajstić information content (AvgIpc) is 2.33. The van der Waals surface area contributed by atoms with Crippen molar-refractivity contribution in [2.75, 3.05) is 33.7 Å². The van der Waals surface area contributed by atoms with Crippen LogP contribution in [0.4, 0.5) is 0 Å². The lowest BCUT2D eigenvalue weighted by molar-refractivity contribution is 0.0887. The maximum absolute atomic E-state index is 12.7. The molecule has 118 valence electrons. The van der Waals surface area contributed by atoms with Gasteiger partial charge in [0.05, 0.1) is 6.54 Å². The summed E-state index contributed by atoms with van der Waals surface area (Å²) in [5, 5.41) is 0. The van der Waals surface area contributed by atoms with E-state index in [-0.39, 0.29) is 5.78 Å². The fraction of sp³-hybridized carbons (Fsp3) is 0.611. The standard InChI is InChI=1S/C18H30N2O/c1-8-20(16(5)11-19(6)7)12-17(21)18-14(3)9-13(2)10-15(18)4/h9-10,16H,8,11-12H2,1-7H3. The van der Waals surface area contributed by atoms with Gasteiger partial charge in [-0.1, -0.05) is 24.6 Å². The zero-order valence-electron chi connectivity index (χ0n) is 14.7. The summed E-state index contributed by atoms with van der Waals surface area (Å²) in [6.07, 6.45) is 0. The molecule has 3 nitrogen and oxygen atoms in total. The number of nitrogens with zero attached hydrogens (tertiary/aromatic N) is 2. The number of aryl methyl sites for hydroxylation is 3. The predicted octanol–water partition coefficient (Wildman–Crippen LogP) is 3.07. The van der Waals surface area contributed by atoms with E-state index in [0.29, 0.717) is 12.6 Å². The molecule has 0 aliphatic heterocycles. The van der Waals surface area contributed by atoms with Gasteiger partial charge < -0.3 is 4.90 Å². The number of hydrogen-bond acceptors (Lipinski definition) is 3. The molecule has 0 aliphatic rings. The lowest BCUT2D eigenvalue weighted by Crippen LogP contribution is -2.42. The lowest BCUT2D eigenvalue weighted by atomic mass is 9.96. The summed E-state index contributed by atoms with van der Waals surface area (Å²) >= 11 is 0. The fourth-order valence-electron chi connectivity index (χ4n) is 3.11. The molecule has 3 heteroatoms. The molecular weight excluding hydrogens is 260 g/mol. The Morgan fingerprint density at radius 2 is 1.67 bits per heavy atom. The van der Waals surface area contributed by atoms with E-state index in [9.17, 15) is 4.79 Å². The number of rotatable bonds is 7. The van der Waals surface area contributed by atoms with E-state index in [1.54, 1.807) is 0 Å². The highest BCUT2D eigenvalue weighted by Crippen LogP contribution is 2.18. The Morgan fingerprint density at radius 3 is 2.10 bits per heavy atom. The zero-order chi connectivity index (χ0) is 16.2. The molecule has 1 aromatic rings. The van der Waals surface area contributed by atoms with Gasteiger partial charge in [-0.15, -0.1) is 0 Å². The Hall–Kier alpha value is -1.19. The first-order valence-electron chi connectivity index (χ1n) is 7.76. The van der Waals surface area contributed by atoms with Crippen LogP contribution in [0.2, 0.25) is 0 Å². The molecule has 0 saturated heterocycles. The smallest absolute Gasteiger partial charge is 0.177 e. The van der Waals surface area contributed by atoms with Gasteiger partial charge in [0.15, 0.2) is 5.78 Å². The molecule has 0 spiro atoms. The monoisotopic (exact) mass is 290 g/mol. The number of carbonyl (C=O) groups is 1. The van der Waals surface area contributed by atoms with Gasteiger partial charge >= 0.3 is 0 Å². The normalized spacial score (nSPS) is 13.0. The van der Waals surface area contributed by atoms with Crippen LogP contribution >= 0.6 is 0 Å². The van der Waals surface area contributed by atoms with Crippen molar-refractivity contribution in [1.29, 1.82) is 0 Å². The topological polar surface area (TPSA) is 23.6 Å². The number of Topliss-reactive ketones (excluding diaryl/α,β-unsaturated/α-hetero) is 1. The molecule has 1 unspecified atom stereocenters. The number of ketones is 1. The van der Waals surface area contributed by atoms with Gasteiger partial charge in [-0.25, -0.2) is 0 Å². The fourth-order valence-corrected chi connectivity index (χ4v) is 3.11. The molecule has 0 aromatic heterocycles. The molecule has 0 radical (unpaired) electrons. The van der Waals surface area contributed by atoms with Crippen molar-refractivity contribution in [3.63, 3.8) is 0 Å². The van der Waals surface area contributed by atoms with E-state index >= 15 is 0 Å². The van der Waals surface area contributed by atoms with Crippen LogP contribution in [0.5, 0.6) is 0 Å². The highest BCUT2D eigenvalue weighted by Gasteiger charge is 2.19. The van der Waals surface area contributed by atoms with Gasteiger partial charge in [-0.2, -0.15) is 0 Å². The van der Waals surface area contributed by atoms with E-state index in [1.807, 2.05) is 13.8 Å². The van der Waals surface area contributed by atoms with Crippen LogP contribution in [-0.4, -0.2) is 55.4 Å². The van der Waals surface area contributed by atoms with E-state index in [0.717, 1.165) is 29.8 Å². The molecular formula is C18H30N2O. The zero-order valence-corrected chi connectivity index (χ0v) is 14.7. The molecule has 1 atom stereocenters. The van der Waals surface area contributed by atoms with Gasteiger partial charge in [0.1, 0.15) is 0 Å². The third kappa shape index (κ3) is 4.94. The van der Waals surface area contributed by atoms with Crippen LogP contribution in [0.1, 0.15) is 40.9 Å². The van der Waals surface area contributed by atoms with Gasteiger partial charge in [0, 0.05) is 18.2 Å². The third-order valence-electron chi connectivity index (χ3n) is 3.96. The predicted molar refractivity (Wildman–Crippen MR) is 90.2 cm³/mol. The van der Waals surface area contributed by atoms with E-state index in [4.69, 9.17) is 0 Å². The minimum Gasteiger partial charge on any atom is -0.308 e. The number of likely N-dealkylation sites (N-methyl/N-ethyl adjacent to an activating group) is 2. The summed E-state index contributed by atoms with van der Waals surface area (Å²) < 4.78 is 0. The van der Waals surface area contributed by atoms with Crippen LogP contribution in [0.15, 0.2) is 12.1 Å². The van der Waals surface area contributed by atoms with Crippen molar-refractivity contribution in [3.8, 4) is 0 Å². The maximum atomic E-state index is 12.7. The summed E-state index contributed by atoms with van der Waals surface area (Å²) in [5.74, 6) is 0.234. The molecule has 0 N–H and O–H groups in total. The Bertz CT molecular complexity index is 471. The minimum atomic E-state index is 0.234. The van der Waals surface area contributed by atoms with Crippen molar-refractivity contribution >= 4 is 5.78 Å². The van der Waals surface area contributed by atoms with E-state index in [2.05, 4.69) is 56.8 Å². The number of benzene rings is 1. The number of carbonyl (C=O) groups excluding carboxylic acids is 1. The lowest BCUT2D eigenvalue weighted by Gasteiger charge is -2.29. The second kappa shape index (κ2) is 7.71. The molecule has 0 amide bonds. The minimum absolute atomic E-state index is 0.234. The highest BCUT2D eigenvalue weighted by atomic mass is 16.1. The largest absolute Gasteiger partial charge is 0.308 e. The van der Waals surface area contributed by atoms with Gasteiger partial charge in [-0.3, -0.25) is 9.69 Å². The summed E-state index contributed by atoms with van der Waals surface area (Å²) in [7, 11) is 4.14. The second-order valence-corrected chi connectivity index (χ2v) is 6.37. The Kier molecular flexibility index (Phi) is 6.56. The van der Waals surface area contributed by atoms with Crippen molar-refractivity contribution in [1.82, 2.24) is 9.80 Å². The third-order valence-corrected chi connectivity index (χ3v) is 3.96. The van der Waals surface area contributed by atoms with Crippen LogP contribution in [0.3, 0.4) is 0 Å². The Morgan fingerprint density at radius 1 is 1.14 bits per heavy atom. The van der Waals surface area contributed by atoms with E-state index < -0.39 is 0 Å². The van der Waals surface area contributed by atoms with Gasteiger partial charge in [0.2, 0.25) is 0 Å². The molecule has 0 heterocycles. The van der Waals surface area contributed by atoms with Crippen molar-refractivity contribution in [2.45, 2.75) is 40.7 Å². The average molecular weight is 290 g/mol. The maximum Gasteiger partial charge on any atom is 0.177 e.